The van der Waals surface area contributed by atoms with Gasteiger partial charge >= 0.3 is 0 Å². The molecule has 0 radical (unpaired) electrons. The molecule has 0 unspecified atom stereocenters. The molecule has 20 heavy (non-hydrogen) atoms. The average Bonchev–Trinajstić information content (AvgIpc) is 3.00. The van der Waals surface area contributed by atoms with Gasteiger partial charge in [0.15, 0.2) is 0 Å². The maximum Gasteiger partial charge on any atom is 0.292 e. The highest BCUT2D eigenvalue weighted by Gasteiger charge is 2.17. The maximum absolute atomic E-state index is 12.0. The normalized spacial score (nSPS) is 15.7. The van der Waals surface area contributed by atoms with Crippen molar-refractivity contribution < 1.29 is 0 Å². The molecule has 0 spiro atoms. The van der Waals surface area contributed by atoms with E-state index in [0.29, 0.717) is 11.6 Å². The van der Waals surface area contributed by atoms with E-state index >= 15 is 0 Å². The number of halogens is 1. The summed E-state index contributed by atoms with van der Waals surface area (Å²) in [7, 11) is 0. The van der Waals surface area contributed by atoms with Crippen molar-refractivity contribution in [2.45, 2.75) is 31.6 Å². The van der Waals surface area contributed by atoms with Crippen LogP contribution >= 0.6 is 11.6 Å². The van der Waals surface area contributed by atoms with Gasteiger partial charge in [-0.3, -0.25) is 4.79 Å². The SMILES string of the molecule is Nc1cnn(-c2ccc(C3CCCC3)cc2)c(=O)c1Cl. The molecule has 1 fully saturated rings. The molecule has 5 heteroatoms. The molecule has 3 rings (SSSR count). The molecule has 1 heterocycles. The molecule has 1 saturated carbocycles. The third kappa shape index (κ3) is 2.31. The van der Waals surface area contributed by atoms with Gasteiger partial charge in [0.1, 0.15) is 5.02 Å². The molecule has 2 aromatic rings. The highest BCUT2D eigenvalue weighted by Crippen LogP contribution is 2.34. The minimum absolute atomic E-state index is 0.0138. The largest absolute Gasteiger partial charge is 0.396 e. The van der Waals surface area contributed by atoms with Gasteiger partial charge in [-0.25, -0.2) is 0 Å². The molecule has 0 aliphatic heterocycles. The van der Waals surface area contributed by atoms with Crippen molar-refractivity contribution in [1.29, 1.82) is 0 Å². The molecule has 1 aliphatic carbocycles. The quantitative estimate of drug-likeness (QED) is 0.924. The van der Waals surface area contributed by atoms with Crippen LogP contribution in [0.25, 0.3) is 5.69 Å². The maximum atomic E-state index is 12.0. The monoisotopic (exact) mass is 289 g/mol. The molecule has 1 aromatic heterocycles. The van der Waals surface area contributed by atoms with Crippen LogP contribution < -0.4 is 11.3 Å². The van der Waals surface area contributed by atoms with E-state index in [4.69, 9.17) is 17.3 Å². The molecule has 0 atom stereocenters. The number of nitrogens with zero attached hydrogens (tertiary/aromatic N) is 2. The highest BCUT2D eigenvalue weighted by molar-refractivity contribution is 6.32. The van der Waals surface area contributed by atoms with E-state index in [1.165, 1.54) is 42.1 Å². The summed E-state index contributed by atoms with van der Waals surface area (Å²) in [6.07, 6.45) is 6.52. The fraction of sp³-hybridized carbons (Fsp3) is 0.333. The van der Waals surface area contributed by atoms with E-state index < -0.39 is 0 Å². The first kappa shape index (κ1) is 13.2. The van der Waals surface area contributed by atoms with E-state index in [1.807, 2.05) is 12.1 Å². The van der Waals surface area contributed by atoms with Crippen molar-refractivity contribution in [3.63, 3.8) is 0 Å². The standard InChI is InChI=1S/C15H16ClN3O/c16-14-13(17)9-18-19(15(14)20)12-7-5-11(6-8-12)10-3-1-2-4-10/h5-10H,1-4,17H2. The van der Waals surface area contributed by atoms with E-state index in [2.05, 4.69) is 17.2 Å². The van der Waals surface area contributed by atoms with Crippen LogP contribution in [0.3, 0.4) is 0 Å². The molecule has 0 amide bonds. The van der Waals surface area contributed by atoms with Crippen LogP contribution in [0.2, 0.25) is 5.02 Å². The zero-order valence-electron chi connectivity index (χ0n) is 11.1. The summed E-state index contributed by atoms with van der Waals surface area (Å²) < 4.78 is 1.27. The van der Waals surface area contributed by atoms with Gasteiger partial charge in [-0.15, -0.1) is 0 Å². The van der Waals surface area contributed by atoms with Gasteiger partial charge in [-0.2, -0.15) is 9.78 Å². The number of hydrogen-bond donors (Lipinski definition) is 1. The summed E-state index contributed by atoms with van der Waals surface area (Å²) >= 11 is 5.87. The van der Waals surface area contributed by atoms with Crippen LogP contribution in [0.5, 0.6) is 0 Å². The summed E-state index contributed by atoms with van der Waals surface area (Å²) in [5.41, 5.74) is 7.42. The Morgan fingerprint density at radius 1 is 1.20 bits per heavy atom. The Morgan fingerprint density at radius 3 is 2.50 bits per heavy atom. The first-order valence-electron chi connectivity index (χ1n) is 6.80. The van der Waals surface area contributed by atoms with Gasteiger partial charge in [-0.05, 0) is 36.5 Å². The molecule has 4 nitrogen and oxygen atoms in total. The van der Waals surface area contributed by atoms with Crippen molar-refractivity contribution in [2.75, 3.05) is 5.73 Å². The highest BCUT2D eigenvalue weighted by atomic mass is 35.5. The first-order valence-corrected chi connectivity index (χ1v) is 7.18. The van der Waals surface area contributed by atoms with Gasteiger partial charge < -0.3 is 5.73 Å². The molecule has 0 saturated heterocycles. The van der Waals surface area contributed by atoms with Crippen LogP contribution in [0.1, 0.15) is 37.2 Å². The van der Waals surface area contributed by atoms with E-state index in [0.717, 1.165) is 0 Å². The Kier molecular flexibility index (Phi) is 3.49. The number of aromatic nitrogens is 2. The fourth-order valence-corrected chi connectivity index (χ4v) is 2.91. The van der Waals surface area contributed by atoms with Gasteiger partial charge in [0, 0.05) is 0 Å². The van der Waals surface area contributed by atoms with Crippen molar-refractivity contribution in [3.05, 3.63) is 51.4 Å². The van der Waals surface area contributed by atoms with Crippen molar-refractivity contribution in [3.8, 4) is 5.69 Å². The lowest BCUT2D eigenvalue weighted by Crippen LogP contribution is -2.22. The zero-order chi connectivity index (χ0) is 14.1. The minimum atomic E-state index is -0.389. The summed E-state index contributed by atoms with van der Waals surface area (Å²) in [6, 6.07) is 7.97. The summed E-state index contributed by atoms with van der Waals surface area (Å²) in [6.45, 7) is 0. The third-order valence-electron chi connectivity index (χ3n) is 3.91. The van der Waals surface area contributed by atoms with E-state index in [9.17, 15) is 4.79 Å². The lowest BCUT2D eigenvalue weighted by molar-refractivity contribution is 0.721. The average molecular weight is 290 g/mol. The van der Waals surface area contributed by atoms with Gasteiger partial charge in [0.25, 0.3) is 5.56 Å². The smallest absolute Gasteiger partial charge is 0.292 e. The van der Waals surface area contributed by atoms with Crippen LogP contribution in [-0.2, 0) is 0 Å². The third-order valence-corrected chi connectivity index (χ3v) is 4.29. The Balaban J connectivity index is 1.95. The molecular formula is C15H16ClN3O. The number of rotatable bonds is 2. The Bertz CT molecular complexity index is 673. The number of benzene rings is 1. The van der Waals surface area contributed by atoms with E-state index in [-0.39, 0.29) is 16.3 Å². The zero-order valence-corrected chi connectivity index (χ0v) is 11.8. The second-order valence-electron chi connectivity index (χ2n) is 5.20. The van der Waals surface area contributed by atoms with Gasteiger partial charge in [0.05, 0.1) is 17.6 Å². The molecule has 0 bridgehead atoms. The second-order valence-corrected chi connectivity index (χ2v) is 5.58. The number of nitrogens with two attached hydrogens (primary N) is 1. The topological polar surface area (TPSA) is 60.9 Å². The molecular weight excluding hydrogens is 274 g/mol. The van der Waals surface area contributed by atoms with Crippen molar-refractivity contribution in [2.24, 2.45) is 0 Å². The van der Waals surface area contributed by atoms with Crippen LogP contribution in [0.15, 0.2) is 35.3 Å². The lowest BCUT2D eigenvalue weighted by atomic mass is 9.98. The Labute approximate surface area is 122 Å². The Morgan fingerprint density at radius 2 is 1.85 bits per heavy atom. The lowest BCUT2D eigenvalue weighted by Gasteiger charge is -2.11. The first-order chi connectivity index (χ1) is 9.66. The van der Waals surface area contributed by atoms with Gasteiger partial charge in [0.2, 0.25) is 0 Å². The molecule has 1 aliphatic rings. The number of nitrogen functional groups attached to an aromatic ring is 1. The van der Waals surface area contributed by atoms with Crippen LogP contribution in [0.4, 0.5) is 5.69 Å². The van der Waals surface area contributed by atoms with Crippen LogP contribution in [0, 0.1) is 0 Å². The predicted octanol–water partition coefficient (Wildman–Crippen LogP) is 3.13. The fourth-order valence-electron chi connectivity index (χ4n) is 2.78. The van der Waals surface area contributed by atoms with Crippen molar-refractivity contribution >= 4 is 17.3 Å². The van der Waals surface area contributed by atoms with Gasteiger partial charge in [-0.1, -0.05) is 36.6 Å². The van der Waals surface area contributed by atoms with E-state index in [1.54, 1.807) is 0 Å². The Hall–Kier alpha value is -1.81. The van der Waals surface area contributed by atoms with Crippen molar-refractivity contribution in [1.82, 2.24) is 9.78 Å². The van der Waals surface area contributed by atoms with Crippen LogP contribution in [-0.4, -0.2) is 9.78 Å². The summed E-state index contributed by atoms with van der Waals surface area (Å²) in [4.78, 5) is 12.0. The minimum Gasteiger partial charge on any atom is -0.396 e. The number of anilines is 1. The number of hydrogen-bond acceptors (Lipinski definition) is 3. The molecule has 1 aromatic carbocycles. The molecule has 104 valence electrons. The summed E-state index contributed by atoms with van der Waals surface area (Å²) in [5, 5.41) is 4.04. The molecule has 2 N–H and O–H groups in total. The predicted molar refractivity (Wildman–Crippen MR) is 80.5 cm³/mol. The second kappa shape index (κ2) is 5.29. The summed E-state index contributed by atoms with van der Waals surface area (Å²) in [5.74, 6) is 0.656.